The van der Waals surface area contributed by atoms with Crippen LogP contribution in [0.1, 0.15) is 38.2 Å². The summed E-state index contributed by atoms with van der Waals surface area (Å²) < 4.78 is 5.74. The van der Waals surface area contributed by atoms with Crippen LogP contribution in [0.15, 0.2) is 24.3 Å². The Bertz CT molecular complexity index is 299. The van der Waals surface area contributed by atoms with Crippen LogP contribution in [0.3, 0.4) is 0 Å². The number of nitrogens with one attached hydrogen (secondary N) is 1. The van der Waals surface area contributed by atoms with Crippen LogP contribution < -0.4 is 10.1 Å². The van der Waals surface area contributed by atoms with Gasteiger partial charge in [0, 0.05) is 0 Å². The van der Waals surface area contributed by atoms with E-state index in [1.807, 2.05) is 18.2 Å². The molecule has 1 aromatic carbocycles. The molecule has 0 saturated carbocycles. The quantitative estimate of drug-likeness (QED) is 0.661. The summed E-state index contributed by atoms with van der Waals surface area (Å²) in [4.78, 5) is 0. The Labute approximate surface area is 105 Å². The standard InChI is InChI=1S/C15H25NO/c1-3-11-16-12-7-4-8-13-17-15-10-6-5-9-14(15)2/h5-6,9-10,16H,3-4,7-8,11-13H2,1-2H3. The molecule has 0 amide bonds. The maximum Gasteiger partial charge on any atom is 0.122 e. The molecule has 0 fully saturated rings. The lowest BCUT2D eigenvalue weighted by Crippen LogP contribution is -2.15. The molecule has 2 heteroatoms. The van der Waals surface area contributed by atoms with Crippen molar-refractivity contribution in [1.82, 2.24) is 5.32 Å². The van der Waals surface area contributed by atoms with E-state index in [9.17, 15) is 0 Å². The lowest BCUT2D eigenvalue weighted by atomic mass is 10.2. The first kappa shape index (κ1) is 14.0. The Morgan fingerprint density at radius 1 is 1.06 bits per heavy atom. The number of rotatable bonds is 9. The fraction of sp³-hybridized carbons (Fsp3) is 0.600. The number of hydrogen-bond donors (Lipinski definition) is 1. The molecular formula is C15H25NO. The molecule has 1 rings (SSSR count). The highest BCUT2D eigenvalue weighted by atomic mass is 16.5. The van der Waals surface area contributed by atoms with Crippen molar-refractivity contribution >= 4 is 0 Å². The molecule has 0 aliphatic heterocycles. The zero-order valence-electron chi connectivity index (χ0n) is 11.2. The highest BCUT2D eigenvalue weighted by molar-refractivity contribution is 5.31. The third-order valence-corrected chi connectivity index (χ3v) is 2.78. The van der Waals surface area contributed by atoms with Gasteiger partial charge in [-0.15, -0.1) is 0 Å². The first-order valence-electron chi connectivity index (χ1n) is 6.73. The van der Waals surface area contributed by atoms with Crippen LogP contribution in [0.4, 0.5) is 0 Å². The third kappa shape index (κ3) is 6.32. The highest BCUT2D eigenvalue weighted by Gasteiger charge is 1.96. The van der Waals surface area contributed by atoms with Gasteiger partial charge in [-0.25, -0.2) is 0 Å². The minimum atomic E-state index is 0.832. The molecule has 0 aliphatic rings. The molecule has 2 nitrogen and oxygen atoms in total. The van der Waals surface area contributed by atoms with E-state index >= 15 is 0 Å². The normalized spacial score (nSPS) is 10.5. The predicted octanol–water partition coefficient (Wildman–Crippen LogP) is 3.54. The molecular weight excluding hydrogens is 210 g/mol. The second kappa shape index (κ2) is 9.06. The third-order valence-electron chi connectivity index (χ3n) is 2.78. The monoisotopic (exact) mass is 235 g/mol. The van der Waals surface area contributed by atoms with Gasteiger partial charge in [-0.2, -0.15) is 0 Å². The summed E-state index contributed by atoms with van der Waals surface area (Å²) in [5, 5.41) is 3.41. The topological polar surface area (TPSA) is 21.3 Å². The molecule has 96 valence electrons. The molecule has 0 spiro atoms. The van der Waals surface area contributed by atoms with E-state index < -0.39 is 0 Å². The van der Waals surface area contributed by atoms with Crippen molar-refractivity contribution in [2.24, 2.45) is 0 Å². The number of aryl methyl sites for hydroxylation is 1. The largest absolute Gasteiger partial charge is 0.493 e. The predicted molar refractivity (Wildman–Crippen MR) is 73.7 cm³/mol. The minimum Gasteiger partial charge on any atom is -0.493 e. The molecule has 0 unspecified atom stereocenters. The number of para-hydroxylation sites is 1. The van der Waals surface area contributed by atoms with Crippen molar-refractivity contribution in [1.29, 1.82) is 0 Å². The van der Waals surface area contributed by atoms with Crippen molar-refractivity contribution in [3.8, 4) is 5.75 Å². The maximum atomic E-state index is 5.74. The molecule has 1 N–H and O–H groups in total. The molecule has 0 saturated heterocycles. The lowest BCUT2D eigenvalue weighted by Gasteiger charge is -2.08. The summed E-state index contributed by atoms with van der Waals surface area (Å²) in [7, 11) is 0. The van der Waals surface area contributed by atoms with Gasteiger partial charge in [0.15, 0.2) is 0 Å². The Kier molecular flexibility index (Phi) is 7.48. The molecule has 1 aromatic rings. The second-order valence-corrected chi connectivity index (χ2v) is 4.42. The van der Waals surface area contributed by atoms with Gasteiger partial charge in [-0.1, -0.05) is 25.1 Å². The molecule has 0 aromatic heterocycles. The fourth-order valence-corrected chi connectivity index (χ4v) is 1.73. The number of hydrogen-bond acceptors (Lipinski definition) is 2. The summed E-state index contributed by atoms with van der Waals surface area (Å²) in [6, 6.07) is 8.20. The zero-order valence-corrected chi connectivity index (χ0v) is 11.2. The van der Waals surface area contributed by atoms with E-state index in [0.717, 1.165) is 31.9 Å². The number of unbranched alkanes of at least 4 members (excludes halogenated alkanes) is 2. The average molecular weight is 235 g/mol. The van der Waals surface area contributed by atoms with E-state index in [2.05, 4.69) is 25.2 Å². The SMILES string of the molecule is CCCNCCCCCOc1ccccc1C. The Morgan fingerprint density at radius 2 is 1.88 bits per heavy atom. The molecule has 0 radical (unpaired) electrons. The van der Waals surface area contributed by atoms with E-state index in [4.69, 9.17) is 4.74 Å². The van der Waals surface area contributed by atoms with Crippen LogP contribution in [-0.2, 0) is 0 Å². The van der Waals surface area contributed by atoms with E-state index in [1.165, 1.54) is 24.8 Å². The number of benzene rings is 1. The average Bonchev–Trinajstić information content (AvgIpc) is 2.35. The minimum absolute atomic E-state index is 0.832. The van der Waals surface area contributed by atoms with Gasteiger partial charge in [-0.05, 0) is 57.3 Å². The van der Waals surface area contributed by atoms with Crippen molar-refractivity contribution in [3.05, 3.63) is 29.8 Å². The van der Waals surface area contributed by atoms with E-state index in [1.54, 1.807) is 0 Å². The van der Waals surface area contributed by atoms with Crippen LogP contribution >= 0.6 is 0 Å². The highest BCUT2D eigenvalue weighted by Crippen LogP contribution is 2.16. The van der Waals surface area contributed by atoms with Crippen molar-refractivity contribution in [2.45, 2.75) is 39.5 Å². The summed E-state index contributed by atoms with van der Waals surface area (Å²) in [6.45, 7) is 7.39. The second-order valence-electron chi connectivity index (χ2n) is 4.42. The van der Waals surface area contributed by atoms with Gasteiger partial charge in [0.1, 0.15) is 5.75 Å². The maximum absolute atomic E-state index is 5.74. The zero-order chi connectivity index (χ0) is 12.3. The molecule has 0 bridgehead atoms. The van der Waals surface area contributed by atoms with Gasteiger partial charge >= 0.3 is 0 Å². The van der Waals surface area contributed by atoms with Gasteiger partial charge in [0.25, 0.3) is 0 Å². The van der Waals surface area contributed by atoms with Crippen molar-refractivity contribution in [3.63, 3.8) is 0 Å². The Balaban J connectivity index is 1.99. The first-order valence-corrected chi connectivity index (χ1v) is 6.73. The molecule has 0 heterocycles. The summed E-state index contributed by atoms with van der Waals surface area (Å²) >= 11 is 0. The van der Waals surface area contributed by atoms with Crippen LogP contribution in [0.25, 0.3) is 0 Å². The first-order chi connectivity index (χ1) is 8.34. The van der Waals surface area contributed by atoms with E-state index in [0.29, 0.717) is 0 Å². The lowest BCUT2D eigenvalue weighted by molar-refractivity contribution is 0.303. The van der Waals surface area contributed by atoms with Crippen LogP contribution in [0.2, 0.25) is 0 Å². The molecule has 17 heavy (non-hydrogen) atoms. The Morgan fingerprint density at radius 3 is 2.65 bits per heavy atom. The summed E-state index contributed by atoms with van der Waals surface area (Å²) in [6.07, 6.45) is 4.85. The van der Waals surface area contributed by atoms with Crippen molar-refractivity contribution in [2.75, 3.05) is 19.7 Å². The van der Waals surface area contributed by atoms with E-state index in [-0.39, 0.29) is 0 Å². The van der Waals surface area contributed by atoms with Gasteiger partial charge in [0.2, 0.25) is 0 Å². The van der Waals surface area contributed by atoms with Crippen molar-refractivity contribution < 1.29 is 4.74 Å². The van der Waals surface area contributed by atoms with Crippen LogP contribution in [0.5, 0.6) is 5.75 Å². The fourth-order valence-electron chi connectivity index (χ4n) is 1.73. The van der Waals surface area contributed by atoms with Gasteiger partial charge in [0.05, 0.1) is 6.61 Å². The smallest absolute Gasteiger partial charge is 0.122 e. The van der Waals surface area contributed by atoms with Gasteiger partial charge in [-0.3, -0.25) is 0 Å². The van der Waals surface area contributed by atoms with Crippen LogP contribution in [0, 0.1) is 6.92 Å². The van der Waals surface area contributed by atoms with Crippen LogP contribution in [-0.4, -0.2) is 19.7 Å². The summed E-state index contributed by atoms with van der Waals surface area (Å²) in [5.41, 5.74) is 1.22. The molecule has 0 aliphatic carbocycles. The summed E-state index contributed by atoms with van der Waals surface area (Å²) in [5.74, 6) is 1.02. The Hall–Kier alpha value is -1.02. The molecule has 0 atom stereocenters. The van der Waals surface area contributed by atoms with Gasteiger partial charge < -0.3 is 10.1 Å². The number of ether oxygens (including phenoxy) is 1.